The normalized spacial score (nSPS) is 26.3. The predicted octanol–water partition coefficient (Wildman–Crippen LogP) is 10.4. The Labute approximate surface area is 475 Å². The van der Waals surface area contributed by atoms with Crippen molar-refractivity contribution in [3.63, 3.8) is 0 Å². The van der Waals surface area contributed by atoms with Crippen molar-refractivity contribution < 1.29 is 80.9 Å². The van der Waals surface area contributed by atoms with Crippen LogP contribution in [0.15, 0.2) is 54.1 Å². The third-order valence-electron chi connectivity index (χ3n) is 16.2. The van der Waals surface area contributed by atoms with Gasteiger partial charge in [-0.05, 0) is 73.4 Å². The maximum atomic E-state index is 14.7. The van der Waals surface area contributed by atoms with E-state index in [-0.39, 0.29) is 80.3 Å². The largest absolute Gasteiger partial charge is 0.466 e. The van der Waals surface area contributed by atoms with Crippen LogP contribution >= 0.6 is 11.6 Å². The molecular formula is C60H93ClO17Si. The molecule has 0 radical (unpaired) electrons. The highest BCUT2D eigenvalue weighted by Gasteiger charge is 2.58. The first-order chi connectivity index (χ1) is 36.8. The minimum Gasteiger partial charge on any atom is -0.466 e. The van der Waals surface area contributed by atoms with Gasteiger partial charge in [0.25, 0.3) is 0 Å². The van der Waals surface area contributed by atoms with E-state index < -0.39 is 97.2 Å². The Hall–Kier alpha value is -4.01. The van der Waals surface area contributed by atoms with Gasteiger partial charge in [0, 0.05) is 48.5 Å². The molecule has 1 spiro atoms. The molecule has 11 atom stereocenters. The quantitative estimate of drug-likeness (QED) is 0.0216. The van der Waals surface area contributed by atoms with Gasteiger partial charge in [0.15, 0.2) is 20.2 Å². The Balaban J connectivity index is 1.71. The molecule has 2 heterocycles. The molecule has 0 bridgehead atoms. The molecule has 4 rings (SSSR count). The van der Waals surface area contributed by atoms with Crippen molar-refractivity contribution in [1.82, 2.24) is 0 Å². The SMILES string of the molecule is CCC(=O)O[C@H]1C(=CC(=O)OC)C[C@@H](C[C@@H](OC(=O)C[C@@H](CC(=O)O[C@@H](C[C@@H]2CCOC3(C[C@H](C)CC[C@H]3C(C)C)O2)C(C)(C)COC(=O)CCl)O[Si](C)(C)C(C)(C)C)[C@H](C)OCc2ccccc2)O[C@@]1(O)C(C)(C)C=CC=O. The van der Waals surface area contributed by atoms with Crippen LogP contribution in [0.3, 0.4) is 0 Å². The van der Waals surface area contributed by atoms with Gasteiger partial charge in [0.2, 0.25) is 5.79 Å². The minimum absolute atomic E-state index is 0.0623. The number of carbonyl (C=O) groups is 6. The fraction of sp³-hybridized carbons (Fsp3) is 0.733. The third-order valence-corrected chi connectivity index (χ3v) is 21.0. The summed E-state index contributed by atoms with van der Waals surface area (Å²) >= 11 is 5.84. The van der Waals surface area contributed by atoms with Crippen molar-refractivity contribution in [2.24, 2.45) is 28.6 Å². The smallest absolute Gasteiger partial charge is 0.330 e. The van der Waals surface area contributed by atoms with E-state index in [1.807, 2.05) is 78.0 Å². The average Bonchev–Trinajstić information content (AvgIpc) is 3.54. The summed E-state index contributed by atoms with van der Waals surface area (Å²) in [5, 5.41) is 12.3. The zero-order valence-corrected chi connectivity index (χ0v) is 51.5. The second kappa shape index (κ2) is 29.3. The highest BCUT2D eigenvalue weighted by molar-refractivity contribution is 6.74. The number of aldehydes is 1. The number of ether oxygens (including phenoxy) is 9. The second-order valence-corrected chi connectivity index (χ2v) is 29.9. The van der Waals surface area contributed by atoms with E-state index in [9.17, 15) is 33.9 Å². The number of hydrogen-bond donors (Lipinski definition) is 1. The molecule has 446 valence electrons. The van der Waals surface area contributed by atoms with Crippen LogP contribution < -0.4 is 0 Å². The van der Waals surface area contributed by atoms with Gasteiger partial charge in [-0.15, -0.1) is 11.6 Å². The molecule has 3 aliphatic rings. The molecule has 2 aliphatic heterocycles. The Morgan fingerprint density at radius 3 is 2.14 bits per heavy atom. The van der Waals surface area contributed by atoms with Crippen LogP contribution in [-0.4, -0.2) is 130 Å². The van der Waals surface area contributed by atoms with Crippen LogP contribution in [0.1, 0.15) is 153 Å². The molecule has 1 N–H and O–H groups in total. The van der Waals surface area contributed by atoms with Crippen molar-refractivity contribution in [2.45, 2.75) is 226 Å². The molecule has 0 amide bonds. The lowest BCUT2D eigenvalue weighted by atomic mass is 9.72. The average molecular weight is 1150 g/mol. The highest BCUT2D eigenvalue weighted by Crippen LogP contribution is 2.49. The predicted molar refractivity (Wildman–Crippen MR) is 300 cm³/mol. The van der Waals surface area contributed by atoms with Crippen LogP contribution in [0.2, 0.25) is 18.1 Å². The van der Waals surface area contributed by atoms with Gasteiger partial charge >= 0.3 is 29.8 Å². The monoisotopic (exact) mass is 1150 g/mol. The number of allylic oxidation sites excluding steroid dienone is 1. The standard InChI is InChI=1S/C60H93ClO17Si/c1-16-50(63)75-55-43(30-51(64)69-13)29-45(77-60(55,68)58(11,12)26-20-27-62)31-48(41(5)70-37-42-21-18-17-19-22-42)73-52(65)33-46(78-79(14,15)56(6,7)8)34-53(66)74-49(57(9,10)38-71-54(67)36-61)32-44-25-28-72-59(76-44)35-40(4)23-24-47(59)39(2)3/h17-22,26-27,30,39-41,44-49,55,68H,16,23-25,28-29,31-38H2,1-15H3/t40-,41+,44+,45+,46+,47+,48-,49+,55+,59?,60-/m1/s1. The van der Waals surface area contributed by atoms with Gasteiger partial charge in [0.05, 0.1) is 64.2 Å². The number of hydrogen-bond acceptors (Lipinski definition) is 17. The summed E-state index contributed by atoms with van der Waals surface area (Å²) in [5.41, 5.74) is -1.34. The van der Waals surface area contributed by atoms with E-state index in [0.717, 1.165) is 30.9 Å². The Bertz CT molecular complexity index is 2240. The zero-order chi connectivity index (χ0) is 59.1. The number of aliphatic hydroxyl groups is 1. The van der Waals surface area contributed by atoms with Crippen LogP contribution in [0, 0.1) is 28.6 Å². The van der Waals surface area contributed by atoms with Crippen molar-refractivity contribution >= 4 is 56.1 Å². The number of carbonyl (C=O) groups excluding carboxylic acids is 6. The lowest BCUT2D eigenvalue weighted by Crippen LogP contribution is -2.62. The lowest BCUT2D eigenvalue weighted by Gasteiger charge is -2.52. The molecule has 1 saturated carbocycles. The number of benzene rings is 1. The number of esters is 5. The topological polar surface area (TPSA) is 215 Å². The van der Waals surface area contributed by atoms with Crippen LogP contribution in [0.25, 0.3) is 0 Å². The van der Waals surface area contributed by atoms with Crippen molar-refractivity contribution in [2.75, 3.05) is 26.2 Å². The van der Waals surface area contributed by atoms with Crippen LogP contribution in [0.5, 0.6) is 0 Å². The van der Waals surface area contributed by atoms with E-state index in [2.05, 4.69) is 20.8 Å². The van der Waals surface area contributed by atoms with Crippen molar-refractivity contribution in [3.8, 4) is 0 Å². The van der Waals surface area contributed by atoms with Crippen molar-refractivity contribution in [3.05, 3.63) is 59.7 Å². The van der Waals surface area contributed by atoms with Gasteiger partial charge in [-0.2, -0.15) is 0 Å². The van der Waals surface area contributed by atoms with Gasteiger partial charge in [-0.25, -0.2) is 4.79 Å². The summed E-state index contributed by atoms with van der Waals surface area (Å²) in [5.74, 6) is -6.11. The van der Waals surface area contributed by atoms with Crippen LogP contribution in [0.4, 0.5) is 0 Å². The summed E-state index contributed by atoms with van der Waals surface area (Å²) in [6.45, 7) is 27.5. The Morgan fingerprint density at radius 2 is 1.54 bits per heavy atom. The van der Waals surface area contributed by atoms with Gasteiger partial charge in [-0.3, -0.25) is 24.0 Å². The minimum atomic E-state index is -2.72. The summed E-state index contributed by atoms with van der Waals surface area (Å²) in [6, 6.07) is 9.40. The van der Waals surface area contributed by atoms with E-state index in [0.29, 0.717) is 31.1 Å². The number of methoxy groups -OCH3 is 1. The number of alkyl halides is 1. The molecule has 79 heavy (non-hydrogen) atoms. The summed E-state index contributed by atoms with van der Waals surface area (Å²) in [7, 11) is -1.54. The first-order valence-electron chi connectivity index (χ1n) is 28.1. The molecule has 1 aromatic rings. The molecular weight excluding hydrogens is 1060 g/mol. The first kappa shape index (κ1) is 67.5. The first-order valence-corrected chi connectivity index (χ1v) is 31.6. The summed E-state index contributed by atoms with van der Waals surface area (Å²) in [6.07, 6.45) is 0.248. The molecule has 2 saturated heterocycles. The lowest BCUT2D eigenvalue weighted by molar-refractivity contribution is -0.342. The molecule has 1 unspecified atom stereocenters. The maximum absolute atomic E-state index is 14.7. The van der Waals surface area contributed by atoms with Gasteiger partial charge in [0.1, 0.15) is 24.4 Å². The zero-order valence-electron chi connectivity index (χ0n) is 49.7. The molecule has 17 nitrogen and oxygen atoms in total. The summed E-state index contributed by atoms with van der Waals surface area (Å²) < 4.78 is 62.5. The van der Waals surface area contributed by atoms with E-state index >= 15 is 0 Å². The van der Waals surface area contributed by atoms with E-state index in [4.69, 9.17) is 58.7 Å². The number of halogens is 1. The summed E-state index contributed by atoms with van der Waals surface area (Å²) in [4.78, 5) is 79.2. The van der Waals surface area contributed by atoms with E-state index in [1.54, 1.807) is 27.7 Å². The highest BCUT2D eigenvalue weighted by atomic mass is 35.5. The van der Waals surface area contributed by atoms with E-state index in [1.165, 1.54) is 19.3 Å². The molecule has 1 aliphatic carbocycles. The fourth-order valence-corrected chi connectivity index (χ4v) is 11.8. The maximum Gasteiger partial charge on any atom is 0.330 e. The Morgan fingerprint density at radius 1 is 0.886 bits per heavy atom. The molecule has 19 heteroatoms. The number of rotatable bonds is 27. The second-order valence-electron chi connectivity index (χ2n) is 24.9. The van der Waals surface area contributed by atoms with Crippen molar-refractivity contribution in [1.29, 1.82) is 0 Å². The third kappa shape index (κ3) is 19.0. The van der Waals surface area contributed by atoms with Gasteiger partial charge < -0.3 is 52.2 Å². The fourth-order valence-electron chi connectivity index (χ4n) is 10.4. The van der Waals surface area contributed by atoms with Crippen LogP contribution in [-0.2, 0) is 82.4 Å². The molecule has 1 aromatic carbocycles. The molecule has 0 aromatic heterocycles. The molecule has 3 fully saturated rings. The van der Waals surface area contributed by atoms with Gasteiger partial charge in [-0.1, -0.05) is 119 Å². The Kier molecular flexibility index (Phi) is 25.0.